The third-order valence-corrected chi connectivity index (χ3v) is 3.91. The zero-order chi connectivity index (χ0) is 12.5. The third-order valence-electron chi connectivity index (χ3n) is 3.91. The molecule has 3 heteroatoms. The Morgan fingerprint density at radius 1 is 1.35 bits per heavy atom. The van der Waals surface area contributed by atoms with Crippen LogP contribution in [0, 0.1) is 5.82 Å². The van der Waals surface area contributed by atoms with Gasteiger partial charge in [0, 0.05) is 18.1 Å². The Hall–Kier alpha value is -1.09. The second kappa shape index (κ2) is 4.65. The molecule has 94 valence electrons. The van der Waals surface area contributed by atoms with Gasteiger partial charge in [0.2, 0.25) is 0 Å². The van der Waals surface area contributed by atoms with E-state index in [1.807, 2.05) is 19.2 Å². The average Bonchev–Trinajstić information content (AvgIpc) is 2.30. The van der Waals surface area contributed by atoms with E-state index in [0.717, 1.165) is 25.1 Å². The molecule has 0 saturated carbocycles. The lowest BCUT2D eigenvalue weighted by atomic mass is 9.84. The molecule has 0 bridgehead atoms. The van der Waals surface area contributed by atoms with Crippen LogP contribution in [0.15, 0.2) is 24.3 Å². The van der Waals surface area contributed by atoms with E-state index in [1.165, 1.54) is 6.07 Å². The maximum absolute atomic E-state index is 13.9. The van der Waals surface area contributed by atoms with Gasteiger partial charge in [0.15, 0.2) is 0 Å². The molecule has 1 unspecified atom stereocenters. The number of anilines is 1. The van der Waals surface area contributed by atoms with E-state index < -0.39 is 0 Å². The molecule has 0 radical (unpaired) electrons. The minimum Gasteiger partial charge on any atom is -0.362 e. The number of para-hydroxylation sites is 1. The number of hydrogen-bond donors (Lipinski definition) is 1. The maximum atomic E-state index is 13.9. The van der Waals surface area contributed by atoms with Crippen LogP contribution in [0.3, 0.4) is 0 Å². The maximum Gasteiger partial charge on any atom is 0.146 e. The first-order valence-electron chi connectivity index (χ1n) is 6.27. The highest BCUT2D eigenvalue weighted by Crippen LogP contribution is 2.33. The van der Waals surface area contributed by atoms with Gasteiger partial charge in [-0.05, 0) is 45.9 Å². The number of piperidine rings is 1. The SMILES string of the molecule is CNC1CCCN(c2ccccc2F)C1(C)C. The Bertz CT molecular complexity index is 390. The highest BCUT2D eigenvalue weighted by Gasteiger charge is 2.38. The molecule has 1 N–H and O–H groups in total. The fourth-order valence-corrected chi connectivity index (χ4v) is 2.88. The van der Waals surface area contributed by atoms with Crippen LogP contribution in [0.2, 0.25) is 0 Å². The van der Waals surface area contributed by atoms with Crippen molar-refractivity contribution in [2.24, 2.45) is 0 Å². The predicted molar refractivity (Wildman–Crippen MR) is 69.9 cm³/mol. The summed E-state index contributed by atoms with van der Waals surface area (Å²) in [6.07, 6.45) is 2.25. The average molecular weight is 236 g/mol. The summed E-state index contributed by atoms with van der Waals surface area (Å²) in [4.78, 5) is 2.19. The summed E-state index contributed by atoms with van der Waals surface area (Å²) in [5.41, 5.74) is 0.660. The van der Waals surface area contributed by atoms with Crippen molar-refractivity contribution in [2.45, 2.75) is 38.3 Å². The first-order valence-corrected chi connectivity index (χ1v) is 6.27. The highest BCUT2D eigenvalue weighted by atomic mass is 19.1. The van der Waals surface area contributed by atoms with E-state index in [2.05, 4.69) is 24.1 Å². The smallest absolute Gasteiger partial charge is 0.146 e. The normalized spacial score (nSPS) is 23.8. The molecule has 1 aliphatic heterocycles. The van der Waals surface area contributed by atoms with Gasteiger partial charge >= 0.3 is 0 Å². The van der Waals surface area contributed by atoms with Crippen LogP contribution in [0.5, 0.6) is 0 Å². The first-order chi connectivity index (χ1) is 8.07. The van der Waals surface area contributed by atoms with Crippen molar-refractivity contribution < 1.29 is 4.39 Å². The zero-order valence-electron chi connectivity index (χ0n) is 10.8. The van der Waals surface area contributed by atoms with Gasteiger partial charge in [-0.1, -0.05) is 12.1 Å². The zero-order valence-corrected chi connectivity index (χ0v) is 10.8. The molecule has 2 rings (SSSR count). The highest BCUT2D eigenvalue weighted by molar-refractivity contribution is 5.51. The van der Waals surface area contributed by atoms with Gasteiger partial charge < -0.3 is 10.2 Å². The lowest BCUT2D eigenvalue weighted by molar-refractivity contribution is 0.273. The van der Waals surface area contributed by atoms with E-state index >= 15 is 0 Å². The van der Waals surface area contributed by atoms with E-state index in [9.17, 15) is 4.39 Å². The van der Waals surface area contributed by atoms with Gasteiger partial charge in [-0.2, -0.15) is 0 Å². The van der Waals surface area contributed by atoms with Crippen molar-refractivity contribution in [3.63, 3.8) is 0 Å². The van der Waals surface area contributed by atoms with Crippen molar-refractivity contribution in [3.05, 3.63) is 30.1 Å². The topological polar surface area (TPSA) is 15.3 Å². The van der Waals surface area contributed by atoms with Crippen LogP contribution in [0.4, 0.5) is 10.1 Å². The molecule has 1 aromatic rings. The molecule has 1 atom stereocenters. The molecule has 1 aromatic carbocycles. The summed E-state index contributed by atoms with van der Waals surface area (Å²) < 4.78 is 13.9. The van der Waals surface area contributed by atoms with E-state index in [0.29, 0.717) is 6.04 Å². The van der Waals surface area contributed by atoms with Gasteiger partial charge in [-0.25, -0.2) is 4.39 Å². The van der Waals surface area contributed by atoms with Gasteiger partial charge in [0.25, 0.3) is 0 Å². The van der Waals surface area contributed by atoms with Crippen molar-refractivity contribution in [1.29, 1.82) is 0 Å². The van der Waals surface area contributed by atoms with Crippen LogP contribution in [0.25, 0.3) is 0 Å². The molecule has 0 aromatic heterocycles. The van der Waals surface area contributed by atoms with E-state index in [1.54, 1.807) is 6.07 Å². The van der Waals surface area contributed by atoms with Crippen molar-refractivity contribution in [1.82, 2.24) is 5.32 Å². The summed E-state index contributed by atoms with van der Waals surface area (Å²) in [6.45, 7) is 5.28. The Labute approximate surface area is 103 Å². The number of nitrogens with zero attached hydrogens (tertiary/aromatic N) is 1. The summed E-state index contributed by atoms with van der Waals surface area (Å²) in [6, 6.07) is 7.45. The van der Waals surface area contributed by atoms with Crippen LogP contribution in [-0.4, -0.2) is 25.2 Å². The minimum atomic E-state index is -0.127. The first kappa shape index (κ1) is 12.4. The molecule has 0 aliphatic carbocycles. The molecule has 17 heavy (non-hydrogen) atoms. The fraction of sp³-hybridized carbons (Fsp3) is 0.571. The molecular formula is C14H21FN2. The van der Waals surface area contributed by atoms with Crippen LogP contribution < -0.4 is 10.2 Å². The lowest BCUT2D eigenvalue weighted by Crippen LogP contribution is -2.60. The van der Waals surface area contributed by atoms with Gasteiger partial charge in [0.1, 0.15) is 5.82 Å². The largest absolute Gasteiger partial charge is 0.362 e. The number of halogens is 1. The second-order valence-corrected chi connectivity index (χ2v) is 5.24. The molecule has 0 amide bonds. The quantitative estimate of drug-likeness (QED) is 0.849. The summed E-state index contributed by atoms with van der Waals surface area (Å²) >= 11 is 0. The van der Waals surface area contributed by atoms with Crippen LogP contribution >= 0.6 is 0 Å². The Morgan fingerprint density at radius 2 is 2.06 bits per heavy atom. The summed E-state index contributed by atoms with van der Waals surface area (Å²) in [7, 11) is 1.98. The Morgan fingerprint density at radius 3 is 2.71 bits per heavy atom. The summed E-state index contributed by atoms with van der Waals surface area (Å²) in [5, 5.41) is 3.35. The lowest BCUT2D eigenvalue weighted by Gasteiger charge is -2.49. The monoisotopic (exact) mass is 236 g/mol. The van der Waals surface area contributed by atoms with Gasteiger partial charge in [0.05, 0.1) is 5.69 Å². The number of likely N-dealkylation sites (N-methyl/N-ethyl adjacent to an activating group) is 1. The minimum absolute atomic E-state index is 0.0603. The molecule has 1 saturated heterocycles. The van der Waals surface area contributed by atoms with Crippen LogP contribution in [0.1, 0.15) is 26.7 Å². The number of nitrogens with one attached hydrogen (secondary N) is 1. The van der Waals surface area contributed by atoms with E-state index in [4.69, 9.17) is 0 Å². The molecule has 2 nitrogen and oxygen atoms in total. The van der Waals surface area contributed by atoms with Crippen LogP contribution in [-0.2, 0) is 0 Å². The Balaban J connectivity index is 2.34. The summed E-state index contributed by atoms with van der Waals surface area (Å²) in [5.74, 6) is -0.127. The standard InChI is InChI=1S/C14H21FN2/c1-14(2)13(16-3)9-6-10-17(14)12-8-5-4-7-11(12)15/h4-5,7-8,13,16H,6,9-10H2,1-3H3. The van der Waals surface area contributed by atoms with Crippen molar-refractivity contribution in [3.8, 4) is 0 Å². The number of benzene rings is 1. The van der Waals surface area contributed by atoms with Crippen molar-refractivity contribution >= 4 is 5.69 Å². The van der Waals surface area contributed by atoms with Crippen molar-refractivity contribution in [2.75, 3.05) is 18.5 Å². The van der Waals surface area contributed by atoms with Gasteiger partial charge in [-0.15, -0.1) is 0 Å². The predicted octanol–water partition coefficient (Wildman–Crippen LogP) is 2.79. The molecule has 0 spiro atoms. The molecule has 1 fully saturated rings. The second-order valence-electron chi connectivity index (χ2n) is 5.24. The number of hydrogen-bond acceptors (Lipinski definition) is 2. The molecule has 1 aliphatic rings. The molecule has 1 heterocycles. The number of rotatable bonds is 2. The molecular weight excluding hydrogens is 215 g/mol. The van der Waals surface area contributed by atoms with Gasteiger partial charge in [-0.3, -0.25) is 0 Å². The van der Waals surface area contributed by atoms with E-state index in [-0.39, 0.29) is 11.4 Å². The fourth-order valence-electron chi connectivity index (χ4n) is 2.88. The third kappa shape index (κ3) is 2.16. The Kier molecular flexibility index (Phi) is 3.38.